The molecule has 1 fully saturated rings. The molecule has 0 aromatic heterocycles. The monoisotopic (exact) mass is 339 g/mol. The van der Waals surface area contributed by atoms with E-state index in [1.54, 1.807) is 13.2 Å². The number of nitrogens with zero attached hydrogens (tertiary/aromatic N) is 1. The maximum absolute atomic E-state index is 14.3. The molecule has 0 amide bonds. The Balaban J connectivity index is 1.94. The summed E-state index contributed by atoms with van der Waals surface area (Å²) in [6, 6.07) is 3.10. The highest BCUT2D eigenvalue weighted by atomic mass is 19.1. The molecule has 2 rings (SSSR count). The van der Waals surface area contributed by atoms with Crippen LogP contribution in [0, 0.1) is 17.7 Å². The first-order valence-corrected chi connectivity index (χ1v) is 8.75. The largest absolute Gasteiger partial charge is 0.493 e. The van der Waals surface area contributed by atoms with E-state index in [2.05, 4.69) is 18.7 Å². The molecule has 0 spiro atoms. The fourth-order valence-electron chi connectivity index (χ4n) is 3.43. The summed E-state index contributed by atoms with van der Waals surface area (Å²) in [5.41, 5.74) is 0.619. The standard InChI is InChI=1S/C19H30FNO3/c1-13(2)9-17(22)14-5-7-21(8-6-14)12-15-10-18(23-3)19(24-4)11-16(15)20/h10-11,13-14,17,22H,5-9,12H2,1-4H3. The van der Waals surface area contributed by atoms with Gasteiger partial charge in [-0.25, -0.2) is 4.39 Å². The lowest BCUT2D eigenvalue weighted by molar-refractivity contribution is 0.0434. The Bertz CT molecular complexity index is 528. The van der Waals surface area contributed by atoms with Gasteiger partial charge in [0.15, 0.2) is 11.5 Å². The number of halogens is 1. The Labute approximate surface area is 144 Å². The number of hydrogen-bond donors (Lipinski definition) is 1. The topological polar surface area (TPSA) is 41.9 Å². The van der Waals surface area contributed by atoms with Gasteiger partial charge in [-0.05, 0) is 50.3 Å². The number of aliphatic hydroxyl groups excluding tert-OH is 1. The molecular weight excluding hydrogens is 309 g/mol. The van der Waals surface area contributed by atoms with E-state index in [4.69, 9.17) is 9.47 Å². The van der Waals surface area contributed by atoms with Crippen molar-refractivity contribution in [1.29, 1.82) is 0 Å². The molecule has 0 radical (unpaired) electrons. The zero-order valence-corrected chi connectivity index (χ0v) is 15.2. The number of ether oxygens (including phenoxy) is 2. The third kappa shape index (κ3) is 4.84. The van der Waals surface area contributed by atoms with Crippen molar-refractivity contribution < 1.29 is 19.0 Å². The van der Waals surface area contributed by atoms with Crippen molar-refractivity contribution in [3.05, 3.63) is 23.5 Å². The van der Waals surface area contributed by atoms with Crippen molar-refractivity contribution >= 4 is 0 Å². The van der Waals surface area contributed by atoms with E-state index in [1.807, 2.05) is 0 Å². The van der Waals surface area contributed by atoms with Crippen molar-refractivity contribution in [2.24, 2.45) is 11.8 Å². The van der Waals surface area contributed by atoms with E-state index in [0.29, 0.717) is 35.4 Å². The second kappa shape index (κ2) is 8.67. The highest BCUT2D eigenvalue weighted by Gasteiger charge is 2.26. The van der Waals surface area contributed by atoms with Gasteiger partial charge in [-0.15, -0.1) is 0 Å². The Morgan fingerprint density at radius 1 is 1.17 bits per heavy atom. The lowest BCUT2D eigenvalue weighted by atomic mass is 9.87. The number of piperidine rings is 1. The van der Waals surface area contributed by atoms with Gasteiger partial charge in [0.2, 0.25) is 0 Å². The van der Waals surface area contributed by atoms with Gasteiger partial charge in [-0.3, -0.25) is 4.90 Å². The Kier molecular flexibility index (Phi) is 6.87. The van der Waals surface area contributed by atoms with E-state index in [9.17, 15) is 9.50 Å². The number of rotatable bonds is 7. The van der Waals surface area contributed by atoms with Gasteiger partial charge in [0.25, 0.3) is 0 Å². The zero-order valence-electron chi connectivity index (χ0n) is 15.2. The lowest BCUT2D eigenvalue weighted by Crippen LogP contribution is -2.37. The molecule has 1 saturated heterocycles. The minimum Gasteiger partial charge on any atom is -0.493 e. The summed E-state index contributed by atoms with van der Waals surface area (Å²) in [5, 5.41) is 10.3. The smallest absolute Gasteiger partial charge is 0.163 e. The van der Waals surface area contributed by atoms with Crippen molar-refractivity contribution in [3.63, 3.8) is 0 Å². The third-order valence-electron chi connectivity index (χ3n) is 4.84. The number of hydrogen-bond acceptors (Lipinski definition) is 4. The molecule has 1 aromatic rings. The summed E-state index contributed by atoms with van der Waals surface area (Å²) >= 11 is 0. The quantitative estimate of drug-likeness (QED) is 0.826. The van der Waals surface area contributed by atoms with E-state index in [-0.39, 0.29) is 11.9 Å². The molecule has 1 N–H and O–H groups in total. The summed E-state index contributed by atoms with van der Waals surface area (Å²) in [6.45, 7) is 6.59. The van der Waals surface area contributed by atoms with Crippen molar-refractivity contribution in [1.82, 2.24) is 4.90 Å². The third-order valence-corrected chi connectivity index (χ3v) is 4.84. The van der Waals surface area contributed by atoms with Crippen molar-refractivity contribution in [2.75, 3.05) is 27.3 Å². The fourth-order valence-corrected chi connectivity index (χ4v) is 3.43. The molecule has 0 bridgehead atoms. The molecule has 0 aliphatic carbocycles. The van der Waals surface area contributed by atoms with Gasteiger partial charge in [0.05, 0.1) is 20.3 Å². The predicted octanol–water partition coefficient (Wildman–Crippen LogP) is 3.46. The minimum absolute atomic E-state index is 0.218. The van der Waals surface area contributed by atoms with E-state index >= 15 is 0 Å². The number of likely N-dealkylation sites (tertiary alicyclic amines) is 1. The molecule has 1 aliphatic rings. The van der Waals surface area contributed by atoms with E-state index in [0.717, 1.165) is 32.4 Å². The van der Waals surface area contributed by atoms with Gasteiger partial charge in [0, 0.05) is 18.2 Å². The average molecular weight is 339 g/mol. The number of aliphatic hydroxyl groups is 1. The molecule has 1 aliphatic heterocycles. The first-order valence-electron chi connectivity index (χ1n) is 8.75. The summed E-state index contributed by atoms with van der Waals surface area (Å²) < 4.78 is 24.6. The predicted molar refractivity (Wildman–Crippen MR) is 93.0 cm³/mol. The van der Waals surface area contributed by atoms with Crippen LogP contribution >= 0.6 is 0 Å². The van der Waals surface area contributed by atoms with Crippen LogP contribution in [0.1, 0.15) is 38.7 Å². The molecule has 1 heterocycles. The Morgan fingerprint density at radius 3 is 2.29 bits per heavy atom. The molecule has 136 valence electrons. The van der Waals surface area contributed by atoms with Gasteiger partial charge >= 0.3 is 0 Å². The van der Waals surface area contributed by atoms with Crippen LogP contribution in [0.4, 0.5) is 4.39 Å². The van der Waals surface area contributed by atoms with Crippen molar-refractivity contribution in [3.8, 4) is 11.5 Å². The Morgan fingerprint density at radius 2 is 1.75 bits per heavy atom. The highest BCUT2D eigenvalue weighted by molar-refractivity contribution is 5.43. The molecule has 1 atom stereocenters. The summed E-state index contributed by atoms with van der Waals surface area (Å²) in [5.74, 6) is 1.57. The van der Waals surface area contributed by atoms with Crippen LogP contribution in [0.2, 0.25) is 0 Å². The van der Waals surface area contributed by atoms with E-state index in [1.165, 1.54) is 13.2 Å². The van der Waals surface area contributed by atoms with Gasteiger partial charge < -0.3 is 14.6 Å². The van der Waals surface area contributed by atoms with Crippen LogP contribution in [0.5, 0.6) is 11.5 Å². The Hall–Kier alpha value is -1.33. The molecule has 1 unspecified atom stereocenters. The van der Waals surface area contributed by atoms with Crippen LogP contribution in [0.15, 0.2) is 12.1 Å². The van der Waals surface area contributed by atoms with Gasteiger partial charge in [0.1, 0.15) is 5.82 Å². The van der Waals surface area contributed by atoms with Gasteiger partial charge in [-0.2, -0.15) is 0 Å². The molecule has 4 nitrogen and oxygen atoms in total. The molecule has 24 heavy (non-hydrogen) atoms. The summed E-state index contributed by atoms with van der Waals surface area (Å²) in [4.78, 5) is 2.24. The molecule has 0 saturated carbocycles. The second-order valence-electron chi connectivity index (χ2n) is 7.11. The van der Waals surface area contributed by atoms with Crippen LogP contribution in [0.25, 0.3) is 0 Å². The highest BCUT2D eigenvalue weighted by Crippen LogP contribution is 2.31. The van der Waals surface area contributed by atoms with Crippen LogP contribution < -0.4 is 9.47 Å². The zero-order chi connectivity index (χ0) is 17.7. The number of methoxy groups -OCH3 is 2. The van der Waals surface area contributed by atoms with Crippen LogP contribution in [-0.2, 0) is 6.54 Å². The minimum atomic E-state index is -0.269. The fraction of sp³-hybridized carbons (Fsp3) is 0.684. The van der Waals surface area contributed by atoms with Crippen LogP contribution in [0.3, 0.4) is 0 Å². The number of benzene rings is 1. The molecule has 1 aromatic carbocycles. The normalized spacial score (nSPS) is 18.0. The summed E-state index contributed by atoms with van der Waals surface area (Å²) in [7, 11) is 3.06. The second-order valence-corrected chi connectivity index (χ2v) is 7.11. The summed E-state index contributed by atoms with van der Waals surface area (Å²) in [6.07, 6.45) is 2.56. The van der Waals surface area contributed by atoms with Crippen molar-refractivity contribution in [2.45, 2.75) is 45.8 Å². The SMILES string of the molecule is COc1cc(F)c(CN2CCC(C(O)CC(C)C)CC2)cc1OC. The average Bonchev–Trinajstić information content (AvgIpc) is 2.56. The lowest BCUT2D eigenvalue weighted by Gasteiger charge is -2.34. The first-order chi connectivity index (χ1) is 11.4. The molecular formula is C19H30FNO3. The van der Waals surface area contributed by atoms with E-state index < -0.39 is 0 Å². The molecule has 5 heteroatoms. The maximum atomic E-state index is 14.3. The van der Waals surface area contributed by atoms with Gasteiger partial charge in [-0.1, -0.05) is 13.8 Å². The van der Waals surface area contributed by atoms with Crippen LogP contribution in [-0.4, -0.2) is 43.4 Å². The maximum Gasteiger partial charge on any atom is 0.163 e. The first kappa shape index (κ1) is 19.0.